The summed E-state index contributed by atoms with van der Waals surface area (Å²) < 4.78 is 5.54. The van der Waals surface area contributed by atoms with E-state index in [9.17, 15) is 4.79 Å². The zero-order valence-corrected chi connectivity index (χ0v) is 12.1. The Labute approximate surface area is 114 Å². The number of amides is 1. The van der Waals surface area contributed by atoms with E-state index in [1.54, 1.807) is 18.0 Å². The summed E-state index contributed by atoms with van der Waals surface area (Å²) in [6, 6.07) is 7.31. The van der Waals surface area contributed by atoms with Crippen LogP contribution in [0.4, 0.5) is 0 Å². The van der Waals surface area contributed by atoms with Crippen molar-refractivity contribution >= 4 is 17.5 Å². The van der Waals surface area contributed by atoms with Crippen molar-refractivity contribution < 1.29 is 9.53 Å². The molecule has 4 heteroatoms. The van der Waals surface area contributed by atoms with Crippen LogP contribution in [0.25, 0.3) is 0 Å². The first-order valence-corrected chi connectivity index (χ1v) is 6.33. The van der Waals surface area contributed by atoms with Crippen LogP contribution < -0.4 is 4.74 Å². The fourth-order valence-electron chi connectivity index (χ4n) is 1.53. The van der Waals surface area contributed by atoms with Crippen LogP contribution in [0.1, 0.15) is 20.8 Å². The second kappa shape index (κ2) is 6.10. The standard InChI is InChI=1S/C14H20ClNO2/c1-14(2,3)13(17)16(4)9-10-18-12-8-6-5-7-11(12)15/h5-8H,9-10H2,1-4H3. The number of rotatable bonds is 4. The third-order valence-corrected chi connectivity index (χ3v) is 2.82. The minimum atomic E-state index is -0.362. The molecule has 0 aliphatic heterocycles. The Morgan fingerprint density at radius 2 is 1.94 bits per heavy atom. The van der Waals surface area contributed by atoms with Gasteiger partial charge in [0.15, 0.2) is 0 Å². The quantitative estimate of drug-likeness (QED) is 0.840. The Morgan fingerprint density at radius 1 is 1.33 bits per heavy atom. The van der Waals surface area contributed by atoms with E-state index in [4.69, 9.17) is 16.3 Å². The van der Waals surface area contributed by atoms with Gasteiger partial charge < -0.3 is 9.64 Å². The van der Waals surface area contributed by atoms with Crippen molar-refractivity contribution in [2.24, 2.45) is 5.41 Å². The maximum atomic E-state index is 11.9. The van der Waals surface area contributed by atoms with Gasteiger partial charge in [-0.2, -0.15) is 0 Å². The van der Waals surface area contributed by atoms with E-state index in [0.29, 0.717) is 23.9 Å². The molecule has 1 aromatic rings. The molecule has 1 aromatic carbocycles. The fraction of sp³-hybridized carbons (Fsp3) is 0.500. The smallest absolute Gasteiger partial charge is 0.227 e. The summed E-state index contributed by atoms with van der Waals surface area (Å²) in [5.74, 6) is 0.751. The van der Waals surface area contributed by atoms with Gasteiger partial charge in [0.1, 0.15) is 12.4 Å². The molecule has 0 aliphatic rings. The molecule has 0 spiro atoms. The lowest BCUT2D eigenvalue weighted by Gasteiger charge is -2.25. The van der Waals surface area contributed by atoms with Crippen molar-refractivity contribution in [3.05, 3.63) is 29.3 Å². The molecular weight excluding hydrogens is 250 g/mol. The third-order valence-electron chi connectivity index (χ3n) is 2.51. The highest BCUT2D eigenvalue weighted by atomic mass is 35.5. The summed E-state index contributed by atoms with van der Waals surface area (Å²) in [7, 11) is 1.78. The normalized spacial score (nSPS) is 11.2. The molecule has 1 rings (SSSR count). The molecule has 0 saturated heterocycles. The Morgan fingerprint density at radius 3 is 2.50 bits per heavy atom. The van der Waals surface area contributed by atoms with E-state index in [1.165, 1.54) is 0 Å². The number of carbonyl (C=O) groups is 1. The molecule has 0 heterocycles. The Bertz CT molecular complexity index is 413. The molecule has 1 amide bonds. The summed E-state index contributed by atoms with van der Waals surface area (Å²) in [4.78, 5) is 13.6. The molecule has 3 nitrogen and oxygen atoms in total. The molecule has 0 atom stereocenters. The van der Waals surface area contributed by atoms with Gasteiger partial charge in [-0.1, -0.05) is 44.5 Å². The lowest BCUT2D eigenvalue weighted by atomic mass is 9.95. The minimum Gasteiger partial charge on any atom is -0.490 e. The lowest BCUT2D eigenvalue weighted by molar-refractivity contribution is -0.138. The number of hydrogen-bond acceptors (Lipinski definition) is 2. The van der Waals surface area contributed by atoms with Crippen LogP contribution in [-0.2, 0) is 4.79 Å². The number of para-hydroxylation sites is 1. The van der Waals surface area contributed by atoms with Crippen molar-refractivity contribution in [1.29, 1.82) is 0 Å². The van der Waals surface area contributed by atoms with Gasteiger partial charge in [-0.15, -0.1) is 0 Å². The van der Waals surface area contributed by atoms with E-state index in [2.05, 4.69) is 0 Å². The van der Waals surface area contributed by atoms with Gasteiger partial charge in [-0.25, -0.2) is 0 Å². The van der Waals surface area contributed by atoms with E-state index in [0.717, 1.165) is 0 Å². The first-order chi connectivity index (χ1) is 8.32. The highest BCUT2D eigenvalue weighted by molar-refractivity contribution is 6.32. The van der Waals surface area contributed by atoms with Crippen LogP contribution in [0, 0.1) is 5.41 Å². The van der Waals surface area contributed by atoms with E-state index >= 15 is 0 Å². The summed E-state index contributed by atoms with van der Waals surface area (Å²) in [5.41, 5.74) is -0.362. The molecule has 18 heavy (non-hydrogen) atoms. The van der Waals surface area contributed by atoms with E-state index in [-0.39, 0.29) is 11.3 Å². The largest absolute Gasteiger partial charge is 0.490 e. The number of nitrogens with zero attached hydrogens (tertiary/aromatic N) is 1. The molecule has 0 saturated carbocycles. The van der Waals surface area contributed by atoms with Gasteiger partial charge in [0.05, 0.1) is 11.6 Å². The molecule has 100 valence electrons. The number of hydrogen-bond donors (Lipinski definition) is 0. The van der Waals surface area contributed by atoms with Gasteiger partial charge in [-0.05, 0) is 12.1 Å². The average Bonchev–Trinajstić information content (AvgIpc) is 2.29. The topological polar surface area (TPSA) is 29.5 Å². The van der Waals surface area contributed by atoms with Crippen molar-refractivity contribution in [3.8, 4) is 5.75 Å². The molecule has 0 fully saturated rings. The van der Waals surface area contributed by atoms with Crippen LogP contribution in [0.5, 0.6) is 5.75 Å². The summed E-state index contributed by atoms with van der Waals surface area (Å²) in [6.45, 7) is 6.69. The fourth-order valence-corrected chi connectivity index (χ4v) is 1.72. The van der Waals surface area contributed by atoms with Gasteiger partial charge in [-0.3, -0.25) is 4.79 Å². The second-order valence-electron chi connectivity index (χ2n) is 5.26. The molecule has 0 radical (unpaired) electrons. The zero-order chi connectivity index (χ0) is 13.8. The highest BCUT2D eigenvalue weighted by Crippen LogP contribution is 2.23. The molecule has 0 aliphatic carbocycles. The van der Waals surface area contributed by atoms with Crippen LogP contribution in [0.2, 0.25) is 5.02 Å². The van der Waals surface area contributed by atoms with Crippen LogP contribution in [0.3, 0.4) is 0 Å². The van der Waals surface area contributed by atoms with Gasteiger partial charge in [0.25, 0.3) is 0 Å². The highest BCUT2D eigenvalue weighted by Gasteiger charge is 2.24. The first kappa shape index (κ1) is 14.8. The minimum absolute atomic E-state index is 0.102. The van der Waals surface area contributed by atoms with Gasteiger partial charge in [0, 0.05) is 12.5 Å². The monoisotopic (exact) mass is 269 g/mol. The van der Waals surface area contributed by atoms with Crippen molar-refractivity contribution in [2.75, 3.05) is 20.2 Å². The first-order valence-electron chi connectivity index (χ1n) is 5.95. The predicted octanol–water partition coefficient (Wildman–Crippen LogP) is 3.22. The Balaban J connectivity index is 2.43. The summed E-state index contributed by atoms with van der Waals surface area (Å²) in [5, 5.41) is 0.585. The van der Waals surface area contributed by atoms with Gasteiger partial charge >= 0.3 is 0 Å². The van der Waals surface area contributed by atoms with Crippen molar-refractivity contribution in [2.45, 2.75) is 20.8 Å². The zero-order valence-electron chi connectivity index (χ0n) is 11.4. The maximum absolute atomic E-state index is 11.9. The molecule has 0 unspecified atom stereocenters. The Kier molecular flexibility index (Phi) is 5.03. The molecule has 0 aromatic heterocycles. The van der Waals surface area contributed by atoms with Crippen LogP contribution in [-0.4, -0.2) is 31.0 Å². The van der Waals surface area contributed by atoms with Crippen LogP contribution in [0.15, 0.2) is 24.3 Å². The molecule has 0 bridgehead atoms. The predicted molar refractivity (Wildman–Crippen MR) is 74.0 cm³/mol. The lowest BCUT2D eigenvalue weighted by Crippen LogP contribution is -2.38. The average molecular weight is 270 g/mol. The van der Waals surface area contributed by atoms with Crippen molar-refractivity contribution in [1.82, 2.24) is 4.90 Å². The second-order valence-corrected chi connectivity index (χ2v) is 5.66. The maximum Gasteiger partial charge on any atom is 0.227 e. The van der Waals surface area contributed by atoms with E-state index < -0.39 is 0 Å². The summed E-state index contributed by atoms with van der Waals surface area (Å²) >= 11 is 5.97. The number of carbonyl (C=O) groups excluding carboxylic acids is 1. The molecule has 0 N–H and O–H groups in total. The number of ether oxygens (including phenoxy) is 1. The van der Waals surface area contributed by atoms with E-state index in [1.807, 2.05) is 39.0 Å². The number of likely N-dealkylation sites (N-methyl/N-ethyl adjacent to an activating group) is 1. The third kappa shape index (κ3) is 4.22. The molecular formula is C14H20ClNO2. The van der Waals surface area contributed by atoms with Crippen molar-refractivity contribution in [3.63, 3.8) is 0 Å². The number of benzene rings is 1. The van der Waals surface area contributed by atoms with Gasteiger partial charge in [0.2, 0.25) is 5.91 Å². The summed E-state index contributed by atoms with van der Waals surface area (Å²) in [6.07, 6.45) is 0. The Hall–Kier alpha value is -1.22. The van der Waals surface area contributed by atoms with Crippen LogP contribution >= 0.6 is 11.6 Å². The number of halogens is 1. The SMILES string of the molecule is CN(CCOc1ccccc1Cl)C(=O)C(C)(C)C.